The first kappa shape index (κ1) is 14.2. The van der Waals surface area contributed by atoms with Gasteiger partial charge < -0.3 is 20.6 Å². The molecule has 0 aromatic carbocycles. The molecule has 1 saturated heterocycles. The third-order valence-corrected chi connectivity index (χ3v) is 5.04. The molecule has 1 aliphatic heterocycles. The van der Waals surface area contributed by atoms with Gasteiger partial charge in [-0.1, -0.05) is 0 Å². The summed E-state index contributed by atoms with van der Waals surface area (Å²) in [5.74, 6) is -1.01. The van der Waals surface area contributed by atoms with Crippen molar-refractivity contribution in [1.29, 1.82) is 0 Å². The van der Waals surface area contributed by atoms with Crippen LogP contribution >= 0.6 is 0 Å². The van der Waals surface area contributed by atoms with Crippen molar-refractivity contribution in [3.8, 4) is 0 Å². The Labute approximate surface area is 123 Å². The van der Waals surface area contributed by atoms with Crippen molar-refractivity contribution >= 4 is 17.9 Å². The van der Waals surface area contributed by atoms with E-state index in [1.165, 1.54) is 4.90 Å². The molecule has 0 radical (unpaired) electrons. The van der Waals surface area contributed by atoms with Gasteiger partial charge in [-0.25, -0.2) is 4.79 Å². The molecule has 3 rings (SSSR count). The first-order valence-corrected chi connectivity index (χ1v) is 7.61. The Kier molecular flexibility index (Phi) is 3.73. The van der Waals surface area contributed by atoms with Crippen LogP contribution in [-0.2, 0) is 9.59 Å². The summed E-state index contributed by atoms with van der Waals surface area (Å²) in [4.78, 5) is 36.8. The lowest BCUT2D eigenvalue weighted by molar-refractivity contribution is -0.144. The molecule has 7 nitrogen and oxygen atoms in total. The van der Waals surface area contributed by atoms with E-state index < -0.39 is 11.9 Å². The molecule has 3 aliphatic rings. The van der Waals surface area contributed by atoms with Gasteiger partial charge in [0.2, 0.25) is 5.91 Å². The fraction of sp³-hybridized carbons (Fsp3) is 0.786. The predicted molar refractivity (Wildman–Crippen MR) is 73.5 cm³/mol. The van der Waals surface area contributed by atoms with Crippen molar-refractivity contribution in [2.24, 2.45) is 17.8 Å². The normalized spacial score (nSPS) is 35.2. The van der Waals surface area contributed by atoms with Crippen LogP contribution in [0.15, 0.2) is 0 Å². The van der Waals surface area contributed by atoms with Crippen molar-refractivity contribution in [2.75, 3.05) is 19.6 Å². The van der Waals surface area contributed by atoms with Crippen LogP contribution in [0.2, 0.25) is 0 Å². The Bertz CT molecular complexity index is 467. The van der Waals surface area contributed by atoms with Gasteiger partial charge in [0.25, 0.3) is 0 Å². The van der Waals surface area contributed by atoms with Crippen LogP contribution < -0.4 is 10.6 Å². The van der Waals surface area contributed by atoms with E-state index in [0.29, 0.717) is 13.1 Å². The second-order valence-electron chi connectivity index (χ2n) is 6.30. The topological polar surface area (TPSA) is 98.7 Å². The summed E-state index contributed by atoms with van der Waals surface area (Å²) in [6.07, 6.45) is 3.54. The minimum absolute atomic E-state index is 0.0460. The van der Waals surface area contributed by atoms with Gasteiger partial charge in [-0.2, -0.15) is 0 Å². The van der Waals surface area contributed by atoms with Gasteiger partial charge in [0.05, 0.1) is 5.92 Å². The van der Waals surface area contributed by atoms with Crippen molar-refractivity contribution in [2.45, 2.75) is 31.7 Å². The molecule has 1 heterocycles. The number of nitrogens with one attached hydrogen (secondary N) is 2. The van der Waals surface area contributed by atoms with Gasteiger partial charge in [0.1, 0.15) is 6.54 Å². The fourth-order valence-electron chi connectivity index (χ4n) is 4.07. The van der Waals surface area contributed by atoms with E-state index in [1.54, 1.807) is 0 Å². The van der Waals surface area contributed by atoms with Crippen molar-refractivity contribution < 1.29 is 19.5 Å². The largest absolute Gasteiger partial charge is 0.481 e. The molecule has 2 saturated carbocycles. The number of urea groups is 1. The highest BCUT2D eigenvalue weighted by molar-refractivity contribution is 5.85. The lowest BCUT2D eigenvalue weighted by Gasteiger charge is -2.31. The number of hydrogen-bond donors (Lipinski definition) is 3. The number of carboxylic acid groups (broad SMARTS) is 1. The Balaban J connectivity index is 1.66. The molecule has 3 N–H and O–H groups in total. The van der Waals surface area contributed by atoms with Crippen molar-refractivity contribution in [3.63, 3.8) is 0 Å². The molecule has 2 aliphatic carbocycles. The summed E-state index contributed by atoms with van der Waals surface area (Å²) >= 11 is 0. The maximum Gasteiger partial charge on any atom is 0.318 e. The van der Waals surface area contributed by atoms with Crippen LogP contribution in [0.5, 0.6) is 0 Å². The van der Waals surface area contributed by atoms with Crippen molar-refractivity contribution in [1.82, 2.24) is 15.5 Å². The Morgan fingerprint density at radius 3 is 2.81 bits per heavy atom. The molecule has 21 heavy (non-hydrogen) atoms. The molecule has 3 fully saturated rings. The highest BCUT2D eigenvalue weighted by Gasteiger charge is 2.51. The summed E-state index contributed by atoms with van der Waals surface area (Å²) in [7, 11) is 0. The molecular weight excluding hydrogens is 274 g/mol. The second kappa shape index (κ2) is 5.54. The molecule has 0 aromatic rings. The monoisotopic (exact) mass is 295 g/mol. The molecule has 0 spiro atoms. The smallest absolute Gasteiger partial charge is 0.318 e. The fourth-order valence-corrected chi connectivity index (χ4v) is 4.07. The first-order chi connectivity index (χ1) is 10.1. The van der Waals surface area contributed by atoms with Gasteiger partial charge in [0.15, 0.2) is 0 Å². The average molecular weight is 295 g/mol. The average Bonchev–Trinajstić information content (AvgIpc) is 2.95. The summed E-state index contributed by atoms with van der Waals surface area (Å²) < 4.78 is 0. The van der Waals surface area contributed by atoms with E-state index in [9.17, 15) is 19.5 Å². The highest BCUT2D eigenvalue weighted by atomic mass is 16.4. The molecular formula is C14H21N3O4. The van der Waals surface area contributed by atoms with Gasteiger partial charge in [-0.3, -0.25) is 9.59 Å². The molecule has 3 amide bonds. The summed E-state index contributed by atoms with van der Waals surface area (Å²) in [5, 5.41) is 15.0. The van der Waals surface area contributed by atoms with Crippen LogP contribution in [0.3, 0.4) is 0 Å². The summed E-state index contributed by atoms with van der Waals surface area (Å²) in [6, 6.07) is -0.601. The zero-order valence-electron chi connectivity index (χ0n) is 11.9. The van der Waals surface area contributed by atoms with Gasteiger partial charge in [-0.05, 0) is 37.5 Å². The van der Waals surface area contributed by atoms with E-state index in [-0.39, 0.29) is 36.4 Å². The van der Waals surface area contributed by atoms with Crippen LogP contribution in [0, 0.1) is 17.8 Å². The predicted octanol–water partition coefficient (Wildman–Crippen LogP) is 0.0172. The number of nitrogens with zero attached hydrogens (tertiary/aromatic N) is 1. The molecule has 0 aromatic heterocycles. The lowest BCUT2D eigenvalue weighted by Crippen LogP contribution is -2.52. The van der Waals surface area contributed by atoms with Gasteiger partial charge in [-0.15, -0.1) is 0 Å². The van der Waals surface area contributed by atoms with Crippen molar-refractivity contribution in [3.05, 3.63) is 0 Å². The number of rotatable bonds is 2. The number of fused-ring (bicyclic) bond motifs is 2. The molecule has 7 heteroatoms. The van der Waals surface area contributed by atoms with Crippen LogP contribution in [0.4, 0.5) is 4.79 Å². The standard InChI is InChI=1S/C14H21N3O4/c18-10-7-17(5-1-4-15-10)14(21)16-12-9-3-2-8(6-9)11(12)13(19)20/h8-9,11-12H,1-7H2,(H,15,18)(H,16,21)(H,19,20). The third kappa shape index (κ3) is 2.69. The molecule has 116 valence electrons. The number of carbonyl (C=O) groups is 3. The van der Waals surface area contributed by atoms with Gasteiger partial charge >= 0.3 is 12.0 Å². The quantitative estimate of drug-likeness (QED) is 0.668. The van der Waals surface area contributed by atoms with Crippen LogP contribution in [0.25, 0.3) is 0 Å². The third-order valence-electron chi connectivity index (χ3n) is 5.04. The molecule has 4 atom stereocenters. The lowest BCUT2D eigenvalue weighted by atomic mass is 9.84. The maximum atomic E-state index is 12.3. The Morgan fingerprint density at radius 2 is 2.05 bits per heavy atom. The highest BCUT2D eigenvalue weighted by Crippen LogP contribution is 2.48. The first-order valence-electron chi connectivity index (χ1n) is 7.61. The van der Waals surface area contributed by atoms with Crippen LogP contribution in [0.1, 0.15) is 25.7 Å². The van der Waals surface area contributed by atoms with E-state index in [4.69, 9.17) is 0 Å². The summed E-state index contributed by atoms with van der Waals surface area (Å²) in [6.45, 7) is 1.14. The van der Waals surface area contributed by atoms with Gasteiger partial charge in [0, 0.05) is 19.1 Å². The summed E-state index contributed by atoms with van der Waals surface area (Å²) in [5.41, 5.74) is 0. The second-order valence-corrected chi connectivity index (χ2v) is 6.30. The minimum atomic E-state index is -0.818. The van der Waals surface area contributed by atoms with E-state index >= 15 is 0 Å². The molecule has 2 bridgehead atoms. The van der Waals surface area contributed by atoms with E-state index in [0.717, 1.165) is 25.7 Å². The Morgan fingerprint density at radius 1 is 1.29 bits per heavy atom. The Hall–Kier alpha value is -1.79. The molecule has 4 unspecified atom stereocenters. The van der Waals surface area contributed by atoms with E-state index in [1.807, 2.05) is 0 Å². The zero-order valence-corrected chi connectivity index (χ0v) is 11.9. The number of carbonyl (C=O) groups excluding carboxylic acids is 2. The zero-order chi connectivity index (χ0) is 15.0. The minimum Gasteiger partial charge on any atom is -0.481 e. The van der Waals surface area contributed by atoms with E-state index in [2.05, 4.69) is 10.6 Å². The number of carboxylic acids is 1. The number of aliphatic carboxylic acids is 1. The number of hydrogen-bond acceptors (Lipinski definition) is 3. The number of amides is 3. The van der Waals surface area contributed by atoms with Crippen LogP contribution in [-0.4, -0.2) is 53.6 Å². The maximum absolute atomic E-state index is 12.3. The SMILES string of the molecule is O=C1CN(C(=O)NC2C3CCC(C3)C2C(=O)O)CCCN1.